The average molecular weight is 276 g/mol. The lowest BCUT2D eigenvalue weighted by Gasteiger charge is -2.30. The van der Waals surface area contributed by atoms with Crippen LogP contribution in [-0.4, -0.2) is 24.1 Å². The summed E-state index contributed by atoms with van der Waals surface area (Å²) in [5.74, 6) is 0.629. The molecule has 1 fully saturated rings. The first-order valence-electron chi connectivity index (χ1n) is 7.30. The molecule has 0 bridgehead atoms. The van der Waals surface area contributed by atoms with E-state index in [-0.39, 0.29) is 11.4 Å². The predicted octanol–water partition coefficient (Wildman–Crippen LogP) is 2.15. The van der Waals surface area contributed by atoms with Gasteiger partial charge in [0.2, 0.25) is 0 Å². The zero-order valence-corrected chi connectivity index (χ0v) is 12.3. The minimum Gasteiger partial charge on any atom is -0.481 e. The van der Waals surface area contributed by atoms with Gasteiger partial charge in [0.25, 0.3) is 5.91 Å². The number of carbonyl (C=O) groups excluding carboxylic acids is 1. The molecule has 110 valence electrons. The Morgan fingerprint density at radius 3 is 2.50 bits per heavy atom. The standard InChI is InChI=1S/C16H24N2O2/c1-12-5-7-14(8-6-12)20-13(2)15(19)18-16(11-17)9-3-4-10-16/h5-8,13H,3-4,9-11,17H2,1-2H3,(H,18,19). The maximum Gasteiger partial charge on any atom is 0.261 e. The summed E-state index contributed by atoms with van der Waals surface area (Å²) >= 11 is 0. The number of nitrogens with two attached hydrogens (primary N) is 1. The Bertz CT molecular complexity index is 450. The Labute approximate surface area is 120 Å². The third kappa shape index (κ3) is 3.51. The average Bonchev–Trinajstić information content (AvgIpc) is 2.90. The van der Waals surface area contributed by atoms with Gasteiger partial charge in [0.05, 0.1) is 5.54 Å². The summed E-state index contributed by atoms with van der Waals surface area (Å²) in [5, 5.41) is 3.08. The van der Waals surface area contributed by atoms with Gasteiger partial charge in [-0.25, -0.2) is 0 Å². The second-order valence-electron chi connectivity index (χ2n) is 5.75. The van der Waals surface area contributed by atoms with Gasteiger partial charge in [-0.3, -0.25) is 4.79 Å². The summed E-state index contributed by atoms with van der Waals surface area (Å²) in [6, 6.07) is 7.71. The lowest BCUT2D eigenvalue weighted by molar-refractivity contribution is -0.129. The lowest BCUT2D eigenvalue weighted by atomic mass is 9.97. The van der Waals surface area contributed by atoms with Crippen LogP contribution in [0.4, 0.5) is 0 Å². The fourth-order valence-electron chi connectivity index (χ4n) is 2.67. The predicted molar refractivity (Wildman–Crippen MR) is 79.7 cm³/mol. The molecular weight excluding hydrogens is 252 g/mol. The number of carbonyl (C=O) groups is 1. The van der Waals surface area contributed by atoms with Crippen LogP contribution in [0.2, 0.25) is 0 Å². The maximum atomic E-state index is 12.2. The highest BCUT2D eigenvalue weighted by Crippen LogP contribution is 2.28. The molecule has 1 aromatic rings. The molecule has 1 aromatic carbocycles. The monoisotopic (exact) mass is 276 g/mol. The van der Waals surface area contributed by atoms with Crippen molar-refractivity contribution in [1.29, 1.82) is 0 Å². The van der Waals surface area contributed by atoms with E-state index in [1.54, 1.807) is 6.92 Å². The molecule has 3 N–H and O–H groups in total. The van der Waals surface area contributed by atoms with Crippen LogP contribution in [0.1, 0.15) is 38.2 Å². The smallest absolute Gasteiger partial charge is 0.261 e. The van der Waals surface area contributed by atoms with Crippen LogP contribution >= 0.6 is 0 Å². The number of amides is 1. The highest BCUT2D eigenvalue weighted by Gasteiger charge is 2.35. The molecule has 1 aliphatic carbocycles. The summed E-state index contributed by atoms with van der Waals surface area (Å²) in [6.45, 7) is 4.29. The van der Waals surface area contributed by atoms with Crippen LogP contribution in [0.15, 0.2) is 24.3 Å². The van der Waals surface area contributed by atoms with Crippen molar-refractivity contribution in [3.63, 3.8) is 0 Å². The zero-order chi connectivity index (χ0) is 14.6. The van der Waals surface area contributed by atoms with Gasteiger partial charge in [-0.1, -0.05) is 30.5 Å². The first-order chi connectivity index (χ1) is 9.54. The normalized spacial score (nSPS) is 18.6. The summed E-state index contributed by atoms with van der Waals surface area (Å²) in [6.07, 6.45) is 3.68. The van der Waals surface area contributed by atoms with E-state index in [1.807, 2.05) is 31.2 Å². The van der Waals surface area contributed by atoms with E-state index in [0.29, 0.717) is 12.3 Å². The molecule has 0 saturated heterocycles. The van der Waals surface area contributed by atoms with Gasteiger partial charge in [0.1, 0.15) is 5.75 Å². The molecule has 2 rings (SSSR count). The van der Waals surface area contributed by atoms with E-state index in [2.05, 4.69) is 5.32 Å². The highest BCUT2D eigenvalue weighted by atomic mass is 16.5. The molecule has 0 aromatic heterocycles. The van der Waals surface area contributed by atoms with Gasteiger partial charge in [-0.15, -0.1) is 0 Å². The van der Waals surface area contributed by atoms with E-state index in [0.717, 1.165) is 25.7 Å². The molecule has 1 unspecified atom stereocenters. The topological polar surface area (TPSA) is 64.3 Å². The quantitative estimate of drug-likeness (QED) is 0.866. The Morgan fingerprint density at radius 2 is 1.95 bits per heavy atom. The van der Waals surface area contributed by atoms with Crippen LogP contribution in [0.25, 0.3) is 0 Å². The first kappa shape index (κ1) is 14.9. The van der Waals surface area contributed by atoms with E-state index in [9.17, 15) is 4.79 Å². The SMILES string of the molecule is Cc1ccc(OC(C)C(=O)NC2(CN)CCCC2)cc1. The van der Waals surface area contributed by atoms with Crippen molar-refractivity contribution in [2.75, 3.05) is 6.54 Å². The maximum absolute atomic E-state index is 12.2. The molecule has 4 nitrogen and oxygen atoms in total. The largest absolute Gasteiger partial charge is 0.481 e. The second kappa shape index (κ2) is 6.27. The second-order valence-corrected chi connectivity index (χ2v) is 5.75. The fourth-order valence-corrected chi connectivity index (χ4v) is 2.67. The first-order valence-corrected chi connectivity index (χ1v) is 7.30. The Morgan fingerprint density at radius 1 is 1.35 bits per heavy atom. The molecule has 0 heterocycles. The molecule has 1 atom stereocenters. The van der Waals surface area contributed by atoms with Crippen LogP contribution in [0.3, 0.4) is 0 Å². The molecule has 1 aliphatic rings. The fraction of sp³-hybridized carbons (Fsp3) is 0.562. The Hall–Kier alpha value is -1.55. The van der Waals surface area contributed by atoms with E-state index < -0.39 is 6.10 Å². The molecule has 20 heavy (non-hydrogen) atoms. The van der Waals surface area contributed by atoms with E-state index >= 15 is 0 Å². The summed E-state index contributed by atoms with van der Waals surface area (Å²) in [5.41, 5.74) is 6.78. The summed E-state index contributed by atoms with van der Waals surface area (Å²) < 4.78 is 5.68. The molecular formula is C16H24N2O2. The zero-order valence-electron chi connectivity index (χ0n) is 12.3. The molecule has 4 heteroatoms. The summed E-state index contributed by atoms with van der Waals surface area (Å²) in [4.78, 5) is 12.2. The van der Waals surface area contributed by atoms with Gasteiger partial charge in [0, 0.05) is 6.54 Å². The van der Waals surface area contributed by atoms with Crippen molar-refractivity contribution in [1.82, 2.24) is 5.32 Å². The van der Waals surface area contributed by atoms with Crippen molar-refractivity contribution < 1.29 is 9.53 Å². The van der Waals surface area contributed by atoms with Crippen molar-refractivity contribution >= 4 is 5.91 Å². The molecule has 0 spiro atoms. The lowest BCUT2D eigenvalue weighted by Crippen LogP contribution is -2.54. The molecule has 1 saturated carbocycles. The Balaban J connectivity index is 1.93. The number of hydrogen-bond donors (Lipinski definition) is 2. The third-order valence-corrected chi connectivity index (χ3v) is 4.04. The third-order valence-electron chi connectivity index (χ3n) is 4.04. The Kier molecular flexibility index (Phi) is 4.65. The number of aryl methyl sites for hydroxylation is 1. The number of rotatable bonds is 5. The van der Waals surface area contributed by atoms with E-state index in [4.69, 9.17) is 10.5 Å². The van der Waals surface area contributed by atoms with E-state index in [1.165, 1.54) is 5.56 Å². The molecule has 1 amide bonds. The number of benzene rings is 1. The van der Waals surface area contributed by atoms with Crippen LogP contribution in [-0.2, 0) is 4.79 Å². The summed E-state index contributed by atoms with van der Waals surface area (Å²) in [7, 11) is 0. The highest BCUT2D eigenvalue weighted by molar-refractivity contribution is 5.81. The van der Waals surface area contributed by atoms with Crippen molar-refractivity contribution in [2.45, 2.75) is 51.2 Å². The van der Waals surface area contributed by atoms with Gasteiger partial charge < -0.3 is 15.8 Å². The van der Waals surface area contributed by atoms with Gasteiger partial charge >= 0.3 is 0 Å². The van der Waals surface area contributed by atoms with Crippen molar-refractivity contribution in [2.24, 2.45) is 5.73 Å². The van der Waals surface area contributed by atoms with Crippen LogP contribution < -0.4 is 15.8 Å². The molecule has 0 aliphatic heterocycles. The van der Waals surface area contributed by atoms with Crippen LogP contribution in [0.5, 0.6) is 5.75 Å². The minimum atomic E-state index is -0.512. The molecule has 0 radical (unpaired) electrons. The number of ether oxygens (including phenoxy) is 1. The van der Waals surface area contributed by atoms with Gasteiger partial charge in [-0.2, -0.15) is 0 Å². The van der Waals surface area contributed by atoms with Crippen molar-refractivity contribution in [3.05, 3.63) is 29.8 Å². The van der Waals surface area contributed by atoms with Gasteiger partial charge in [0.15, 0.2) is 6.10 Å². The minimum absolute atomic E-state index is 0.0853. The number of hydrogen-bond acceptors (Lipinski definition) is 3. The van der Waals surface area contributed by atoms with Crippen LogP contribution in [0, 0.1) is 6.92 Å². The number of nitrogens with one attached hydrogen (secondary N) is 1. The van der Waals surface area contributed by atoms with Crippen molar-refractivity contribution in [3.8, 4) is 5.75 Å². The van der Waals surface area contributed by atoms with Gasteiger partial charge in [-0.05, 0) is 38.8 Å².